The first-order valence-electron chi connectivity index (χ1n) is 7.81. The molecule has 0 bridgehead atoms. The van der Waals surface area contributed by atoms with Crippen LogP contribution in [0.4, 0.5) is 0 Å². The summed E-state index contributed by atoms with van der Waals surface area (Å²) in [6.45, 7) is 8.29. The standard InChI is InChI=1S/C17H26N2S/c1-17(2)13-18-16(14-8-9-14)12-19(17)10-11-20-15-6-4-3-5-7-15/h3-7,14,16,18H,8-13H2,1-2H3. The molecule has 1 N–H and O–H groups in total. The molecule has 1 aliphatic heterocycles. The Labute approximate surface area is 127 Å². The minimum Gasteiger partial charge on any atom is -0.311 e. The Morgan fingerprint density at radius 1 is 1.25 bits per heavy atom. The van der Waals surface area contributed by atoms with Crippen molar-refractivity contribution in [2.75, 3.05) is 25.4 Å². The molecule has 2 fully saturated rings. The zero-order valence-corrected chi connectivity index (χ0v) is 13.5. The van der Waals surface area contributed by atoms with Crippen LogP contribution < -0.4 is 5.32 Å². The van der Waals surface area contributed by atoms with Gasteiger partial charge < -0.3 is 5.32 Å². The largest absolute Gasteiger partial charge is 0.311 e. The predicted octanol–water partition coefficient (Wildman–Crippen LogP) is 3.24. The Kier molecular flexibility index (Phi) is 4.39. The Bertz CT molecular complexity index is 428. The van der Waals surface area contributed by atoms with Crippen molar-refractivity contribution in [2.24, 2.45) is 5.92 Å². The van der Waals surface area contributed by atoms with E-state index in [0.717, 1.165) is 18.5 Å². The smallest absolute Gasteiger partial charge is 0.0278 e. The lowest BCUT2D eigenvalue weighted by atomic mass is 9.96. The second-order valence-corrected chi connectivity index (χ2v) is 7.91. The van der Waals surface area contributed by atoms with Crippen LogP contribution >= 0.6 is 11.8 Å². The molecule has 20 heavy (non-hydrogen) atoms. The summed E-state index contributed by atoms with van der Waals surface area (Å²) in [6, 6.07) is 11.5. The molecular weight excluding hydrogens is 264 g/mol. The van der Waals surface area contributed by atoms with Crippen molar-refractivity contribution in [2.45, 2.75) is 43.2 Å². The van der Waals surface area contributed by atoms with E-state index in [-0.39, 0.29) is 0 Å². The first kappa shape index (κ1) is 14.4. The fourth-order valence-corrected chi connectivity index (χ4v) is 3.94. The lowest BCUT2D eigenvalue weighted by Gasteiger charge is -2.46. The maximum atomic E-state index is 3.76. The number of hydrogen-bond acceptors (Lipinski definition) is 3. The maximum absolute atomic E-state index is 3.76. The van der Waals surface area contributed by atoms with Crippen LogP contribution in [0.15, 0.2) is 35.2 Å². The van der Waals surface area contributed by atoms with E-state index in [1.165, 1.54) is 36.6 Å². The van der Waals surface area contributed by atoms with Gasteiger partial charge in [0, 0.05) is 41.9 Å². The molecule has 3 rings (SSSR count). The van der Waals surface area contributed by atoms with Gasteiger partial charge in [0.1, 0.15) is 0 Å². The topological polar surface area (TPSA) is 15.3 Å². The minimum absolute atomic E-state index is 0.294. The van der Waals surface area contributed by atoms with Crippen LogP contribution in [-0.2, 0) is 0 Å². The summed E-state index contributed by atoms with van der Waals surface area (Å²) in [5, 5.41) is 3.76. The van der Waals surface area contributed by atoms with Gasteiger partial charge >= 0.3 is 0 Å². The van der Waals surface area contributed by atoms with Crippen molar-refractivity contribution in [3.8, 4) is 0 Å². The molecule has 0 amide bonds. The quantitative estimate of drug-likeness (QED) is 0.838. The third-order valence-electron chi connectivity index (χ3n) is 4.63. The molecule has 1 aromatic carbocycles. The molecule has 1 aliphatic carbocycles. The molecule has 3 heteroatoms. The SMILES string of the molecule is CC1(C)CNC(C2CC2)CN1CCSc1ccccc1. The van der Waals surface area contributed by atoms with E-state index >= 15 is 0 Å². The number of piperazine rings is 1. The minimum atomic E-state index is 0.294. The van der Waals surface area contributed by atoms with E-state index in [4.69, 9.17) is 0 Å². The summed E-state index contributed by atoms with van der Waals surface area (Å²) in [4.78, 5) is 4.08. The molecule has 1 unspecified atom stereocenters. The molecule has 0 aromatic heterocycles. The molecule has 1 saturated carbocycles. The van der Waals surface area contributed by atoms with Gasteiger partial charge in [0.15, 0.2) is 0 Å². The van der Waals surface area contributed by atoms with Gasteiger partial charge in [0.2, 0.25) is 0 Å². The second kappa shape index (κ2) is 6.08. The third-order valence-corrected chi connectivity index (χ3v) is 5.63. The van der Waals surface area contributed by atoms with Crippen molar-refractivity contribution in [1.82, 2.24) is 10.2 Å². The van der Waals surface area contributed by atoms with Crippen molar-refractivity contribution in [1.29, 1.82) is 0 Å². The highest BCUT2D eigenvalue weighted by Crippen LogP contribution is 2.35. The molecule has 2 nitrogen and oxygen atoms in total. The fraction of sp³-hybridized carbons (Fsp3) is 0.647. The highest BCUT2D eigenvalue weighted by Gasteiger charge is 2.39. The fourth-order valence-electron chi connectivity index (χ4n) is 3.04. The van der Waals surface area contributed by atoms with Gasteiger partial charge in [0.05, 0.1) is 0 Å². The van der Waals surface area contributed by atoms with E-state index in [2.05, 4.69) is 54.4 Å². The first-order valence-corrected chi connectivity index (χ1v) is 8.80. The number of hydrogen-bond donors (Lipinski definition) is 1. The van der Waals surface area contributed by atoms with E-state index in [0.29, 0.717) is 5.54 Å². The number of rotatable bonds is 5. The molecule has 1 saturated heterocycles. The predicted molar refractivity (Wildman–Crippen MR) is 87.3 cm³/mol. The highest BCUT2D eigenvalue weighted by molar-refractivity contribution is 7.99. The summed E-state index contributed by atoms with van der Waals surface area (Å²) < 4.78 is 0. The van der Waals surface area contributed by atoms with Gasteiger partial charge in [-0.05, 0) is 44.7 Å². The molecule has 1 atom stereocenters. The van der Waals surface area contributed by atoms with Crippen LogP contribution in [-0.4, -0.2) is 41.9 Å². The first-order chi connectivity index (χ1) is 9.65. The monoisotopic (exact) mass is 290 g/mol. The third kappa shape index (κ3) is 3.57. The molecule has 110 valence electrons. The van der Waals surface area contributed by atoms with Crippen LogP contribution in [0.2, 0.25) is 0 Å². The summed E-state index contributed by atoms with van der Waals surface area (Å²) in [7, 11) is 0. The Morgan fingerprint density at radius 2 is 2.00 bits per heavy atom. The number of nitrogens with one attached hydrogen (secondary N) is 1. The normalized spacial score (nSPS) is 26.6. The molecule has 0 spiro atoms. The summed E-state index contributed by atoms with van der Waals surface area (Å²) in [5.74, 6) is 2.14. The van der Waals surface area contributed by atoms with Gasteiger partial charge in [-0.25, -0.2) is 0 Å². The maximum Gasteiger partial charge on any atom is 0.0278 e. The van der Waals surface area contributed by atoms with E-state index < -0.39 is 0 Å². The van der Waals surface area contributed by atoms with Crippen molar-refractivity contribution >= 4 is 11.8 Å². The average Bonchev–Trinajstić information content (AvgIpc) is 3.26. The van der Waals surface area contributed by atoms with Gasteiger partial charge in [-0.2, -0.15) is 0 Å². The van der Waals surface area contributed by atoms with Gasteiger partial charge in [0.25, 0.3) is 0 Å². The molecule has 2 aliphatic rings. The van der Waals surface area contributed by atoms with Crippen molar-refractivity contribution in [3.63, 3.8) is 0 Å². The lowest BCUT2D eigenvalue weighted by molar-refractivity contribution is 0.0674. The Morgan fingerprint density at radius 3 is 2.70 bits per heavy atom. The summed E-state index contributed by atoms with van der Waals surface area (Å²) in [6.07, 6.45) is 2.87. The Balaban J connectivity index is 1.51. The second-order valence-electron chi connectivity index (χ2n) is 6.74. The van der Waals surface area contributed by atoms with E-state index in [9.17, 15) is 0 Å². The van der Waals surface area contributed by atoms with Gasteiger partial charge in [-0.1, -0.05) is 18.2 Å². The van der Waals surface area contributed by atoms with E-state index in [1.807, 2.05) is 11.8 Å². The molecular formula is C17H26N2S. The van der Waals surface area contributed by atoms with Crippen LogP contribution in [0.5, 0.6) is 0 Å². The molecule has 1 heterocycles. The zero-order valence-electron chi connectivity index (χ0n) is 12.6. The number of nitrogens with zero attached hydrogens (tertiary/aromatic N) is 1. The lowest BCUT2D eigenvalue weighted by Crippen LogP contribution is -2.62. The zero-order chi connectivity index (χ0) is 14.0. The van der Waals surface area contributed by atoms with Crippen LogP contribution in [0, 0.1) is 5.92 Å². The van der Waals surface area contributed by atoms with Crippen LogP contribution in [0.1, 0.15) is 26.7 Å². The molecule has 0 radical (unpaired) electrons. The summed E-state index contributed by atoms with van der Waals surface area (Å²) >= 11 is 1.98. The number of benzene rings is 1. The van der Waals surface area contributed by atoms with Gasteiger partial charge in [-0.15, -0.1) is 11.8 Å². The van der Waals surface area contributed by atoms with Crippen LogP contribution in [0.3, 0.4) is 0 Å². The van der Waals surface area contributed by atoms with Crippen molar-refractivity contribution < 1.29 is 0 Å². The van der Waals surface area contributed by atoms with Crippen LogP contribution in [0.25, 0.3) is 0 Å². The average molecular weight is 290 g/mol. The highest BCUT2D eigenvalue weighted by atomic mass is 32.2. The summed E-state index contributed by atoms with van der Waals surface area (Å²) in [5.41, 5.74) is 0.294. The number of thioether (sulfide) groups is 1. The molecule has 1 aromatic rings. The van der Waals surface area contributed by atoms with Crippen molar-refractivity contribution in [3.05, 3.63) is 30.3 Å². The van der Waals surface area contributed by atoms with E-state index in [1.54, 1.807) is 0 Å². The van der Waals surface area contributed by atoms with Gasteiger partial charge in [-0.3, -0.25) is 4.90 Å². The Hall–Kier alpha value is -0.510.